The summed E-state index contributed by atoms with van der Waals surface area (Å²) in [5.41, 5.74) is 5.38. The van der Waals surface area contributed by atoms with Gasteiger partial charge in [0.25, 0.3) is 0 Å². The Bertz CT molecular complexity index is 79.2. The van der Waals surface area contributed by atoms with Crippen molar-refractivity contribution in [3.05, 3.63) is 6.42 Å². The number of hydrogen-bond acceptors (Lipinski definition) is 1. The molecule has 0 aromatic carbocycles. The van der Waals surface area contributed by atoms with E-state index in [0.29, 0.717) is 0 Å². The lowest BCUT2D eigenvalue weighted by molar-refractivity contribution is 0.563. The van der Waals surface area contributed by atoms with Crippen molar-refractivity contribution in [2.24, 2.45) is 5.73 Å². The number of nitrogens with two attached hydrogens (primary N) is 1. The summed E-state index contributed by atoms with van der Waals surface area (Å²) in [6.45, 7) is 3.02. The molecule has 0 aliphatic heterocycles. The third-order valence-electron chi connectivity index (χ3n) is 2.68. The van der Waals surface area contributed by atoms with E-state index in [9.17, 15) is 0 Å². The molecule has 1 heteroatoms. The average molecular weight is 198 g/mol. The molecule has 0 amide bonds. The molecule has 1 nitrogen and oxygen atoms in total. The summed E-state index contributed by atoms with van der Waals surface area (Å²) in [6, 6.07) is 0. The summed E-state index contributed by atoms with van der Waals surface area (Å²) in [7, 11) is 0. The second-order valence-electron chi connectivity index (χ2n) is 4.14. The zero-order valence-corrected chi connectivity index (χ0v) is 9.93. The van der Waals surface area contributed by atoms with E-state index in [1.165, 1.54) is 64.2 Å². The van der Waals surface area contributed by atoms with E-state index in [1.807, 2.05) is 0 Å². The lowest BCUT2D eigenvalue weighted by Gasteiger charge is -2.01. The monoisotopic (exact) mass is 198 g/mol. The molecule has 1 radical (unpaired) electrons. The summed E-state index contributed by atoms with van der Waals surface area (Å²) >= 11 is 0. The fourth-order valence-electron chi connectivity index (χ4n) is 1.72. The Hall–Kier alpha value is -0.0400. The first-order chi connectivity index (χ1) is 6.91. The van der Waals surface area contributed by atoms with E-state index in [-0.39, 0.29) is 0 Å². The Morgan fingerprint density at radius 2 is 1.29 bits per heavy atom. The number of hydrogen-bond donors (Lipinski definition) is 1. The van der Waals surface area contributed by atoms with Gasteiger partial charge in [0.05, 0.1) is 0 Å². The Morgan fingerprint density at radius 1 is 0.786 bits per heavy atom. The summed E-state index contributed by atoms with van der Waals surface area (Å²) in [5, 5.41) is 0. The van der Waals surface area contributed by atoms with Gasteiger partial charge in [0.15, 0.2) is 0 Å². The van der Waals surface area contributed by atoms with Gasteiger partial charge in [0.1, 0.15) is 0 Å². The van der Waals surface area contributed by atoms with Crippen molar-refractivity contribution >= 4 is 0 Å². The minimum absolute atomic E-state index is 0.747. The third kappa shape index (κ3) is 12.0. The molecule has 0 saturated carbocycles. The molecular formula is C13H28N. The van der Waals surface area contributed by atoms with Crippen molar-refractivity contribution in [3.63, 3.8) is 0 Å². The van der Waals surface area contributed by atoms with Crippen molar-refractivity contribution in [2.45, 2.75) is 71.1 Å². The molecule has 0 saturated heterocycles. The summed E-state index contributed by atoms with van der Waals surface area (Å²) in [4.78, 5) is 0. The minimum atomic E-state index is 0.747. The van der Waals surface area contributed by atoms with E-state index in [0.717, 1.165) is 6.54 Å². The maximum Gasteiger partial charge on any atom is -0.00457 e. The van der Waals surface area contributed by atoms with Crippen molar-refractivity contribution in [1.29, 1.82) is 0 Å². The fraction of sp³-hybridized carbons (Fsp3) is 0.923. The molecule has 0 spiro atoms. The van der Waals surface area contributed by atoms with Crippen molar-refractivity contribution in [3.8, 4) is 0 Å². The van der Waals surface area contributed by atoms with Crippen LogP contribution in [0.25, 0.3) is 0 Å². The zero-order valence-electron chi connectivity index (χ0n) is 9.93. The van der Waals surface area contributed by atoms with Gasteiger partial charge in [-0.1, -0.05) is 64.7 Å². The Labute approximate surface area is 90.5 Å². The van der Waals surface area contributed by atoms with Crippen LogP contribution < -0.4 is 5.73 Å². The predicted octanol–water partition coefficient (Wildman–Crippen LogP) is 4.07. The first-order valence-electron chi connectivity index (χ1n) is 6.43. The van der Waals surface area contributed by atoms with Crippen molar-refractivity contribution in [2.75, 3.05) is 6.54 Å². The topological polar surface area (TPSA) is 26.0 Å². The van der Waals surface area contributed by atoms with Gasteiger partial charge < -0.3 is 5.73 Å². The molecule has 0 aromatic rings. The standard InChI is InChI=1S/C13H28N/c1-2-3-4-5-6-7-8-9-10-11-12-13-14/h12H,2-11,13-14H2,1H3. The average Bonchev–Trinajstić information content (AvgIpc) is 2.21. The molecule has 0 rings (SSSR count). The molecule has 14 heavy (non-hydrogen) atoms. The molecule has 0 heterocycles. The highest BCUT2D eigenvalue weighted by Crippen LogP contribution is 2.10. The van der Waals surface area contributed by atoms with Crippen LogP contribution in [0.5, 0.6) is 0 Å². The van der Waals surface area contributed by atoms with Gasteiger partial charge in [-0.05, 0) is 19.4 Å². The summed E-state index contributed by atoms with van der Waals surface area (Å²) < 4.78 is 0. The van der Waals surface area contributed by atoms with Gasteiger partial charge in [0.2, 0.25) is 0 Å². The van der Waals surface area contributed by atoms with Crippen LogP contribution in [0.3, 0.4) is 0 Å². The largest absolute Gasteiger partial charge is 0.330 e. The fourth-order valence-corrected chi connectivity index (χ4v) is 1.72. The normalized spacial score (nSPS) is 10.7. The number of rotatable bonds is 11. The predicted molar refractivity (Wildman–Crippen MR) is 65.2 cm³/mol. The van der Waals surface area contributed by atoms with E-state index in [2.05, 4.69) is 13.3 Å². The maximum atomic E-state index is 5.38. The lowest BCUT2D eigenvalue weighted by Crippen LogP contribution is -1.98. The first kappa shape index (κ1) is 14.0. The molecule has 2 N–H and O–H groups in total. The summed E-state index contributed by atoms with van der Waals surface area (Å²) in [5.74, 6) is 0. The second-order valence-corrected chi connectivity index (χ2v) is 4.14. The molecule has 0 atom stereocenters. The van der Waals surface area contributed by atoms with E-state index in [4.69, 9.17) is 5.73 Å². The van der Waals surface area contributed by atoms with Gasteiger partial charge in [-0.2, -0.15) is 0 Å². The quantitative estimate of drug-likeness (QED) is 0.498. The Kier molecular flexibility index (Phi) is 12.9. The molecule has 0 aliphatic rings. The van der Waals surface area contributed by atoms with Crippen molar-refractivity contribution < 1.29 is 0 Å². The van der Waals surface area contributed by atoms with Gasteiger partial charge in [-0.3, -0.25) is 0 Å². The Morgan fingerprint density at radius 3 is 1.79 bits per heavy atom. The van der Waals surface area contributed by atoms with Crippen LogP contribution in [0.1, 0.15) is 71.1 Å². The van der Waals surface area contributed by atoms with Crippen LogP contribution in [0.15, 0.2) is 0 Å². The highest BCUT2D eigenvalue weighted by molar-refractivity contribution is 4.64. The van der Waals surface area contributed by atoms with E-state index < -0.39 is 0 Å². The van der Waals surface area contributed by atoms with E-state index in [1.54, 1.807) is 0 Å². The van der Waals surface area contributed by atoms with Gasteiger partial charge >= 0.3 is 0 Å². The highest BCUT2D eigenvalue weighted by atomic mass is 14.5. The smallest absolute Gasteiger partial charge is 0.00457 e. The molecular weight excluding hydrogens is 170 g/mol. The van der Waals surface area contributed by atoms with Crippen LogP contribution in [0.2, 0.25) is 0 Å². The third-order valence-corrected chi connectivity index (χ3v) is 2.68. The second kappa shape index (κ2) is 13.0. The molecule has 0 fully saturated rings. The van der Waals surface area contributed by atoms with Gasteiger partial charge in [-0.25, -0.2) is 0 Å². The van der Waals surface area contributed by atoms with Crippen LogP contribution in [-0.4, -0.2) is 6.54 Å². The van der Waals surface area contributed by atoms with Gasteiger partial charge in [0, 0.05) is 0 Å². The molecule has 0 bridgehead atoms. The molecule has 85 valence electrons. The maximum absolute atomic E-state index is 5.38. The van der Waals surface area contributed by atoms with Crippen LogP contribution in [-0.2, 0) is 0 Å². The van der Waals surface area contributed by atoms with Crippen LogP contribution in [0.4, 0.5) is 0 Å². The van der Waals surface area contributed by atoms with E-state index >= 15 is 0 Å². The molecule has 0 aliphatic carbocycles. The van der Waals surface area contributed by atoms with Gasteiger partial charge in [-0.15, -0.1) is 0 Å². The molecule has 0 aromatic heterocycles. The lowest BCUT2D eigenvalue weighted by atomic mass is 10.1. The minimum Gasteiger partial charge on any atom is -0.330 e. The summed E-state index contributed by atoms with van der Waals surface area (Å²) in [6.07, 6.45) is 16.1. The SMILES string of the molecule is CCCCCCCCCCC[CH]CN. The van der Waals surface area contributed by atoms with Crippen molar-refractivity contribution in [1.82, 2.24) is 0 Å². The first-order valence-corrected chi connectivity index (χ1v) is 6.43. The Balaban J connectivity index is 2.78. The molecule has 0 unspecified atom stereocenters. The number of unbranched alkanes of at least 4 members (excludes halogenated alkanes) is 10. The van der Waals surface area contributed by atoms with Crippen LogP contribution in [0, 0.1) is 6.42 Å². The van der Waals surface area contributed by atoms with Crippen LogP contribution >= 0.6 is 0 Å². The zero-order chi connectivity index (χ0) is 10.5. The highest BCUT2D eigenvalue weighted by Gasteiger charge is 1.91.